The summed E-state index contributed by atoms with van der Waals surface area (Å²) in [5, 5.41) is 16.2. The highest BCUT2D eigenvalue weighted by molar-refractivity contribution is 7.14. The quantitative estimate of drug-likeness (QED) is 0.861. The van der Waals surface area contributed by atoms with E-state index in [1.165, 1.54) is 11.3 Å². The van der Waals surface area contributed by atoms with E-state index >= 15 is 0 Å². The summed E-state index contributed by atoms with van der Waals surface area (Å²) in [4.78, 5) is 4.09. The third kappa shape index (κ3) is 3.33. The monoisotopic (exact) mass is 248 g/mol. The van der Waals surface area contributed by atoms with Crippen molar-refractivity contribution in [3.8, 4) is 0 Å². The van der Waals surface area contributed by atoms with Crippen LogP contribution < -0.4 is 5.32 Å². The van der Waals surface area contributed by atoms with Crippen LogP contribution in [0.25, 0.3) is 0 Å². The van der Waals surface area contributed by atoms with Crippen LogP contribution >= 0.6 is 22.9 Å². The Bertz CT molecular complexity index is 330. The number of aromatic nitrogens is 1. The van der Waals surface area contributed by atoms with Gasteiger partial charge in [-0.1, -0.05) is 25.4 Å². The number of anilines is 1. The number of rotatable bonds is 4. The van der Waals surface area contributed by atoms with Crippen LogP contribution in [0.15, 0.2) is 5.38 Å². The van der Waals surface area contributed by atoms with Gasteiger partial charge in [0, 0.05) is 17.3 Å². The second-order valence-electron chi connectivity index (χ2n) is 4.77. The van der Waals surface area contributed by atoms with Crippen molar-refractivity contribution in [2.45, 2.75) is 33.3 Å². The van der Waals surface area contributed by atoms with Crippen molar-refractivity contribution < 1.29 is 5.11 Å². The molecule has 1 aromatic heterocycles. The van der Waals surface area contributed by atoms with Crippen molar-refractivity contribution in [1.82, 2.24) is 4.98 Å². The highest BCUT2D eigenvalue weighted by Gasteiger charge is 2.34. The van der Waals surface area contributed by atoms with E-state index in [0.29, 0.717) is 11.7 Å². The van der Waals surface area contributed by atoms with Gasteiger partial charge in [0.25, 0.3) is 0 Å². The van der Waals surface area contributed by atoms with Crippen LogP contribution in [0.5, 0.6) is 0 Å². The van der Waals surface area contributed by atoms with Gasteiger partial charge in [0.2, 0.25) is 0 Å². The molecule has 0 unspecified atom stereocenters. The lowest BCUT2D eigenvalue weighted by Gasteiger charge is -2.37. The molecule has 0 aliphatic carbocycles. The summed E-state index contributed by atoms with van der Waals surface area (Å²) in [6.45, 7) is 8.29. The molecule has 0 aliphatic rings. The SMILES string of the molecule is CC(C)(O)C(C)(C)CNc1nc(Cl)cs1. The van der Waals surface area contributed by atoms with E-state index < -0.39 is 5.60 Å². The van der Waals surface area contributed by atoms with Gasteiger partial charge in [0.1, 0.15) is 5.15 Å². The average Bonchev–Trinajstić information content (AvgIpc) is 2.46. The van der Waals surface area contributed by atoms with Crippen molar-refractivity contribution in [2.24, 2.45) is 5.41 Å². The van der Waals surface area contributed by atoms with Crippen LogP contribution in [0.2, 0.25) is 5.15 Å². The molecule has 0 aliphatic heterocycles. The summed E-state index contributed by atoms with van der Waals surface area (Å²) in [6, 6.07) is 0. The molecule has 1 rings (SSSR count). The van der Waals surface area contributed by atoms with E-state index in [1.54, 1.807) is 5.38 Å². The Balaban J connectivity index is 2.57. The van der Waals surface area contributed by atoms with Gasteiger partial charge >= 0.3 is 0 Å². The standard InChI is InChI=1S/C10H17ClN2OS/c1-9(2,10(3,4)14)6-12-8-13-7(11)5-15-8/h5,14H,6H2,1-4H3,(H,12,13). The molecule has 0 amide bonds. The molecule has 86 valence electrons. The van der Waals surface area contributed by atoms with Crippen molar-refractivity contribution in [1.29, 1.82) is 0 Å². The maximum absolute atomic E-state index is 9.95. The van der Waals surface area contributed by atoms with Crippen LogP contribution in [-0.4, -0.2) is 22.2 Å². The van der Waals surface area contributed by atoms with Gasteiger partial charge < -0.3 is 10.4 Å². The van der Waals surface area contributed by atoms with E-state index in [4.69, 9.17) is 11.6 Å². The van der Waals surface area contributed by atoms with Crippen LogP contribution in [0.4, 0.5) is 5.13 Å². The molecule has 15 heavy (non-hydrogen) atoms. The van der Waals surface area contributed by atoms with Gasteiger partial charge in [-0.05, 0) is 13.8 Å². The third-order valence-electron chi connectivity index (χ3n) is 2.81. The number of thiazole rings is 1. The summed E-state index contributed by atoms with van der Waals surface area (Å²) in [6.07, 6.45) is 0. The minimum absolute atomic E-state index is 0.231. The second kappa shape index (κ2) is 4.28. The van der Waals surface area contributed by atoms with Gasteiger partial charge in [-0.2, -0.15) is 0 Å². The molecule has 0 spiro atoms. The van der Waals surface area contributed by atoms with Crippen LogP contribution in [-0.2, 0) is 0 Å². The number of hydrogen-bond acceptors (Lipinski definition) is 4. The summed E-state index contributed by atoms with van der Waals surface area (Å²) in [7, 11) is 0. The first-order valence-corrected chi connectivity index (χ1v) is 6.05. The van der Waals surface area contributed by atoms with Crippen molar-refractivity contribution in [2.75, 3.05) is 11.9 Å². The number of nitrogens with one attached hydrogen (secondary N) is 1. The van der Waals surface area contributed by atoms with Crippen LogP contribution in [0, 0.1) is 5.41 Å². The summed E-state index contributed by atoms with van der Waals surface area (Å²) in [5.41, 5.74) is -0.966. The fourth-order valence-electron chi connectivity index (χ4n) is 0.848. The van der Waals surface area contributed by atoms with Gasteiger partial charge in [-0.25, -0.2) is 4.98 Å². The van der Waals surface area contributed by atoms with E-state index in [2.05, 4.69) is 10.3 Å². The molecule has 1 aromatic rings. The fourth-order valence-corrected chi connectivity index (χ4v) is 1.68. The molecule has 0 fully saturated rings. The molecule has 0 bridgehead atoms. The molecule has 0 saturated carbocycles. The Morgan fingerprint density at radius 3 is 2.47 bits per heavy atom. The predicted molar refractivity (Wildman–Crippen MR) is 65.7 cm³/mol. The Kier molecular flexibility index (Phi) is 3.63. The van der Waals surface area contributed by atoms with E-state index in [-0.39, 0.29) is 5.41 Å². The topological polar surface area (TPSA) is 45.1 Å². The van der Waals surface area contributed by atoms with E-state index in [1.807, 2.05) is 27.7 Å². The number of halogens is 1. The van der Waals surface area contributed by atoms with Gasteiger partial charge in [-0.15, -0.1) is 11.3 Å². The fraction of sp³-hybridized carbons (Fsp3) is 0.700. The maximum Gasteiger partial charge on any atom is 0.184 e. The number of aliphatic hydroxyl groups is 1. The summed E-state index contributed by atoms with van der Waals surface area (Å²) >= 11 is 7.18. The lowest BCUT2D eigenvalue weighted by molar-refractivity contribution is -0.0270. The normalized spacial score (nSPS) is 12.9. The first kappa shape index (κ1) is 12.7. The minimum atomic E-state index is -0.735. The third-order valence-corrected chi connectivity index (χ3v) is 3.94. The highest BCUT2D eigenvalue weighted by Crippen LogP contribution is 2.31. The Labute approximate surface area is 99.5 Å². The van der Waals surface area contributed by atoms with Gasteiger partial charge in [-0.3, -0.25) is 0 Å². The molecule has 5 heteroatoms. The van der Waals surface area contributed by atoms with Crippen LogP contribution in [0.1, 0.15) is 27.7 Å². The summed E-state index contributed by atoms with van der Waals surface area (Å²) < 4.78 is 0. The molecule has 1 heterocycles. The summed E-state index contributed by atoms with van der Waals surface area (Å²) in [5.74, 6) is 0. The molecular formula is C10H17ClN2OS. The van der Waals surface area contributed by atoms with E-state index in [9.17, 15) is 5.11 Å². The maximum atomic E-state index is 9.95. The van der Waals surface area contributed by atoms with Gasteiger partial charge in [0.15, 0.2) is 5.13 Å². The predicted octanol–water partition coefficient (Wildman–Crippen LogP) is 3.01. The number of nitrogens with zero attached hydrogens (tertiary/aromatic N) is 1. The van der Waals surface area contributed by atoms with Crippen molar-refractivity contribution in [3.63, 3.8) is 0 Å². The largest absolute Gasteiger partial charge is 0.390 e. The lowest BCUT2D eigenvalue weighted by Crippen LogP contribution is -2.43. The Hall–Kier alpha value is -0.320. The minimum Gasteiger partial charge on any atom is -0.390 e. The van der Waals surface area contributed by atoms with Crippen molar-refractivity contribution >= 4 is 28.1 Å². The highest BCUT2D eigenvalue weighted by atomic mass is 35.5. The first-order valence-electron chi connectivity index (χ1n) is 4.80. The zero-order chi connectivity index (χ0) is 11.7. The molecule has 3 nitrogen and oxygen atoms in total. The molecule has 0 aromatic carbocycles. The lowest BCUT2D eigenvalue weighted by atomic mass is 9.77. The van der Waals surface area contributed by atoms with Gasteiger partial charge in [0.05, 0.1) is 5.60 Å². The number of hydrogen-bond donors (Lipinski definition) is 2. The molecule has 0 atom stereocenters. The average molecular weight is 249 g/mol. The zero-order valence-electron chi connectivity index (χ0n) is 9.47. The molecule has 0 saturated heterocycles. The molecule has 2 N–H and O–H groups in total. The Morgan fingerprint density at radius 1 is 1.47 bits per heavy atom. The first-order chi connectivity index (χ1) is 6.72. The Morgan fingerprint density at radius 2 is 2.07 bits per heavy atom. The molecular weight excluding hydrogens is 232 g/mol. The van der Waals surface area contributed by atoms with Crippen molar-refractivity contribution in [3.05, 3.63) is 10.5 Å². The smallest absolute Gasteiger partial charge is 0.184 e. The zero-order valence-corrected chi connectivity index (χ0v) is 11.0. The van der Waals surface area contributed by atoms with E-state index in [0.717, 1.165) is 5.13 Å². The van der Waals surface area contributed by atoms with Crippen LogP contribution in [0.3, 0.4) is 0 Å². The molecule has 0 radical (unpaired) electrons. The second-order valence-corrected chi connectivity index (χ2v) is 6.02.